The van der Waals surface area contributed by atoms with Crippen LogP contribution in [0.3, 0.4) is 0 Å². The first-order valence-electron chi connectivity index (χ1n) is 5.71. The molecule has 1 amide bonds. The van der Waals surface area contributed by atoms with Gasteiger partial charge in [0, 0.05) is 13.0 Å². The average molecular weight is 265 g/mol. The number of hydrogen-bond acceptors (Lipinski definition) is 4. The largest absolute Gasteiger partial charge is 0.355 e. The zero-order valence-corrected chi connectivity index (χ0v) is 11.3. The van der Waals surface area contributed by atoms with Gasteiger partial charge in [-0.15, -0.1) is 0 Å². The smallest absolute Gasteiger partial charge is 0.220 e. The maximum atomic E-state index is 11.5. The Bertz CT molecular complexity index is 328. The molecule has 0 aliphatic carbocycles. The van der Waals surface area contributed by atoms with Gasteiger partial charge in [0.2, 0.25) is 15.9 Å². The molecule has 0 aromatic rings. The second kappa shape index (κ2) is 7.62. The summed E-state index contributed by atoms with van der Waals surface area (Å²) >= 11 is 0. The number of sulfonamides is 1. The van der Waals surface area contributed by atoms with Crippen molar-refractivity contribution < 1.29 is 13.2 Å². The van der Waals surface area contributed by atoms with Gasteiger partial charge in [0.15, 0.2) is 0 Å². The predicted octanol–water partition coefficient (Wildman–Crippen LogP) is -0.598. The Morgan fingerprint density at radius 3 is 2.35 bits per heavy atom. The highest BCUT2D eigenvalue weighted by atomic mass is 32.2. The zero-order valence-electron chi connectivity index (χ0n) is 10.5. The number of hydrogen-bond donors (Lipinski definition) is 3. The first-order chi connectivity index (χ1) is 7.74. The van der Waals surface area contributed by atoms with Gasteiger partial charge in [-0.3, -0.25) is 4.79 Å². The normalized spacial score (nSPS) is 13.7. The molecule has 6 nitrogen and oxygen atoms in total. The molecule has 1 atom stereocenters. The Kier molecular flexibility index (Phi) is 7.33. The van der Waals surface area contributed by atoms with E-state index in [1.807, 2.05) is 0 Å². The molecule has 0 aromatic carbocycles. The SMILES string of the molecule is CC(C)CC(CN)CC(=O)NCCS(N)(=O)=O. The molecular formula is C10H23N3O3S. The lowest BCUT2D eigenvalue weighted by molar-refractivity contribution is -0.121. The van der Waals surface area contributed by atoms with Crippen molar-refractivity contribution in [2.24, 2.45) is 22.7 Å². The topological polar surface area (TPSA) is 115 Å². The first kappa shape index (κ1) is 16.3. The molecule has 0 aliphatic heterocycles. The molecule has 102 valence electrons. The minimum absolute atomic E-state index is 0.0522. The van der Waals surface area contributed by atoms with Crippen molar-refractivity contribution in [2.45, 2.75) is 26.7 Å². The maximum absolute atomic E-state index is 11.5. The van der Waals surface area contributed by atoms with Crippen LogP contribution in [0.5, 0.6) is 0 Å². The number of amides is 1. The molecular weight excluding hydrogens is 242 g/mol. The van der Waals surface area contributed by atoms with E-state index in [-0.39, 0.29) is 24.1 Å². The lowest BCUT2D eigenvalue weighted by Crippen LogP contribution is -2.33. The fourth-order valence-corrected chi connectivity index (χ4v) is 1.98. The molecule has 0 spiro atoms. The molecule has 0 rings (SSSR count). The fraction of sp³-hybridized carbons (Fsp3) is 0.900. The molecule has 17 heavy (non-hydrogen) atoms. The van der Waals surface area contributed by atoms with Gasteiger partial charge in [-0.25, -0.2) is 13.6 Å². The van der Waals surface area contributed by atoms with Crippen LogP contribution < -0.4 is 16.2 Å². The summed E-state index contributed by atoms with van der Waals surface area (Å²) in [5, 5.41) is 7.34. The van der Waals surface area contributed by atoms with Crippen LogP contribution in [0.1, 0.15) is 26.7 Å². The van der Waals surface area contributed by atoms with Crippen LogP contribution in [-0.2, 0) is 14.8 Å². The Balaban J connectivity index is 3.91. The van der Waals surface area contributed by atoms with Crippen molar-refractivity contribution in [3.8, 4) is 0 Å². The molecule has 5 N–H and O–H groups in total. The Morgan fingerprint density at radius 2 is 1.94 bits per heavy atom. The van der Waals surface area contributed by atoms with Gasteiger partial charge in [-0.2, -0.15) is 0 Å². The highest BCUT2D eigenvalue weighted by Gasteiger charge is 2.14. The van der Waals surface area contributed by atoms with Crippen LogP contribution in [0.25, 0.3) is 0 Å². The number of nitrogens with two attached hydrogens (primary N) is 2. The van der Waals surface area contributed by atoms with E-state index in [2.05, 4.69) is 19.2 Å². The van der Waals surface area contributed by atoms with E-state index in [9.17, 15) is 13.2 Å². The monoisotopic (exact) mass is 265 g/mol. The third kappa shape index (κ3) is 10.2. The molecule has 7 heteroatoms. The van der Waals surface area contributed by atoms with Crippen LogP contribution in [0.15, 0.2) is 0 Å². The van der Waals surface area contributed by atoms with Gasteiger partial charge in [0.05, 0.1) is 5.75 Å². The van der Waals surface area contributed by atoms with Crippen molar-refractivity contribution in [1.82, 2.24) is 5.32 Å². The van der Waals surface area contributed by atoms with E-state index in [1.165, 1.54) is 0 Å². The maximum Gasteiger partial charge on any atom is 0.220 e. The van der Waals surface area contributed by atoms with Crippen LogP contribution in [0.2, 0.25) is 0 Å². The van der Waals surface area contributed by atoms with Crippen molar-refractivity contribution in [1.29, 1.82) is 0 Å². The summed E-state index contributed by atoms with van der Waals surface area (Å²) < 4.78 is 21.3. The summed E-state index contributed by atoms with van der Waals surface area (Å²) in [7, 11) is -3.51. The minimum Gasteiger partial charge on any atom is -0.355 e. The molecule has 0 aliphatic rings. The van der Waals surface area contributed by atoms with E-state index < -0.39 is 10.0 Å². The quantitative estimate of drug-likeness (QED) is 0.543. The number of carbonyl (C=O) groups is 1. The average Bonchev–Trinajstić information content (AvgIpc) is 2.13. The van der Waals surface area contributed by atoms with E-state index >= 15 is 0 Å². The number of rotatable bonds is 8. The fourth-order valence-electron chi connectivity index (χ4n) is 1.60. The second-order valence-corrected chi connectivity index (χ2v) is 6.39. The van der Waals surface area contributed by atoms with Gasteiger partial charge in [0.1, 0.15) is 0 Å². The third-order valence-corrected chi connectivity index (χ3v) is 3.09. The van der Waals surface area contributed by atoms with Crippen LogP contribution in [-0.4, -0.2) is 33.2 Å². The minimum atomic E-state index is -3.51. The number of nitrogens with one attached hydrogen (secondary N) is 1. The standard InChI is InChI=1S/C10H23N3O3S/c1-8(2)5-9(7-11)6-10(14)13-3-4-17(12,15)16/h8-9H,3-7,11H2,1-2H3,(H,13,14)(H2,12,15,16). The first-order valence-corrected chi connectivity index (χ1v) is 7.43. The van der Waals surface area contributed by atoms with Crippen LogP contribution in [0, 0.1) is 11.8 Å². The molecule has 0 fully saturated rings. The summed E-state index contributed by atoms with van der Waals surface area (Å²) in [4.78, 5) is 11.5. The van der Waals surface area contributed by atoms with E-state index in [0.29, 0.717) is 18.9 Å². The van der Waals surface area contributed by atoms with Crippen LogP contribution >= 0.6 is 0 Å². The van der Waals surface area contributed by atoms with E-state index in [0.717, 1.165) is 6.42 Å². The Labute approximate surface area is 103 Å². The Hall–Kier alpha value is -0.660. The van der Waals surface area contributed by atoms with Gasteiger partial charge >= 0.3 is 0 Å². The van der Waals surface area contributed by atoms with Crippen molar-refractivity contribution >= 4 is 15.9 Å². The molecule has 0 saturated carbocycles. The summed E-state index contributed by atoms with van der Waals surface area (Å²) in [6.45, 7) is 4.65. The number of carbonyl (C=O) groups excluding carboxylic acids is 1. The summed E-state index contributed by atoms with van der Waals surface area (Å²) in [5.74, 6) is 0.214. The second-order valence-electron chi connectivity index (χ2n) is 4.65. The van der Waals surface area contributed by atoms with Gasteiger partial charge in [-0.1, -0.05) is 13.8 Å². The molecule has 1 unspecified atom stereocenters. The summed E-state index contributed by atoms with van der Waals surface area (Å²) in [6, 6.07) is 0. The highest BCUT2D eigenvalue weighted by Crippen LogP contribution is 2.13. The molecule has 0 aromatic heterocycles. The third-order valence-electron chi connectivity index (χ3n) is 2.32. The van der Waals surface area contributed by atoms with E-state index in [1.54, 1.807) is 0 Å². The molecule has 0 heterocycles. The Morgan fingerprint density at radius 1 is 1.35 bits per heavy atom. The van der Waals surface area contributed by atoms with Crippen molar-refractivity contribution in [2.75, 3.05) is 18.8 Å². The lowest BCUT2D eigenvalue weighted by Gasteiger charge is -2.16. The predicted molar refractivity (Wildman–Crippen MR) is 67.6 cm³/mol. The molecule has 0 saturated heterocycles. The highest BCUT2D eigenvalue weighted by molar-refractivity contribution is 7.89. The van der Waals surface area contributed by atoms with Crippen molar-refractivity contribution in [3.63, 3.8) is 0 Å². The summed E-state index contributed by atoms with van der Waals surface area (Å²) in [5.41, 5.74) is 5.57. The van der Waals surface area contributed by atoms with Crippen molar-refractivity contribution in [3.05, 3.63) is 0 Å². The number of primary sulfonamides is 1. The van der Waals surface area contributed by atoms with Gasteiger partial charge in [0.25, 0.3) is 0 Å². The molecule has 0 bridgehead atoms. The van der Waals surface area contributed by atoms with E-state index in [4.69, 9.17) is 10.9 Å². The lowest BCUT2D eigenvalue weighted by atomic mass is 9.94. The molecule has 0 radical (unpaired) electrons. The summed E-state index contributed by atoms with van der Waals surface area (Å²) in [6.07, 6.45) is 1.22. The van der Waals surface area contributed by atoms with Crippen LogP contribution in [0.4, 0.5) is 0 Å². The van der Waals surface area contributed by atoms with Gasteiger partial charge in [-0.05, 0) is 24.8 Å². The van der Waals surface area contributed by atoms with Gasteiger partial charge < -0.3 is 11.1 Å². The zero-order chi connectivity index (χ0) is 13.5.